The van der Waals surface area contributed by atoms with E-state index in [0.717, 1.165) is 10.4 Å². The SMILES string of the molecule is Cc1ccc2c(c1)C(=O)C(=Cc1cccs1)C2=O. The Kier molecular flexibility index (Phi) is 2.49. The molecular formula is C15H10O2S. The van der Waals surface area contributed by atoms with Crippen molar-refractivity contribution in [3.63, 3.8) is 0 Å². The molecule has 0 aliphatic heterocycles. The summed E-state index contributed by atoms with van der Waals surface area (Å²) in [5.41, 5.74) is 2.32. The van der Waals surface area contributed by atoms with Gasteiger partial charge in [0, 0.05) is 16.0 Å². The summed E-state index contributed by atoms with van der Waals surface area (Å²) in [4.78, 5) is 25.3. The number of hydrogen-bond donors (Lipinski definition) is 0. The smallest absolute Gasteiger partial charge is 0.197 e. The number of carbonyl (C=O) groups excluding carboxylic acids is 2. The molecular weight excluding hydrogens is 244 g/mol. The number of fused-ring (bicyclic) bond motifs is 1. The van der Waals surface area contributed by atoms with Crippen molar-refractivity contribution >= 4 is 29.0 Å². The molecule has 1 aliphatic rings. The molecule has 88 valence electrons. The molecule has 3 rings (SSSR count). The van der Waals surface area contributed by atoms with Gasteiger partial charge in [0.1, 0.15) is 0 Å². The first-order chi connectivity index (χ1) is 8.66. The minimum atomic E-state index is -0.164. The summed E-state index contributed by atoms with van der Waals surface area (Å²) in [5.74, 6) is -0.324. The fourth-order valence-electron chi connectivity index (χ4n) is 2.08. The van der Waals surface area contributed by atoms with Crippen molar-refractivity contribution in [2.45, 2.75) is 6.92 Å². The Morgan fingerprint density at radius 2 is 1.83 bits per heavy atom. The molecule has 3 heteroatoms. The van der Waals surface area contributed by atoms with Crippen LogP contribution >= 0.6 is 11.3 Å². The molecule has 0 saturated carbocycles. The Bertz CT molecular complexity index is 679. The van der Waals surface area contributed by atoms with Crippen LogP contribution in [-0.2, 0) is 0 Å². The lowest BCUT2D eigenvalue weighted by Crippen LogP contribution is -1.99. The van der Waals surface area contributed by atoms with Gasteiger partial charge in [-0.25, -0.2) is 0 Å². The number of carbonyl (C=O) groups is 2. The summed E-state index contributed by atoms with van der Waals surface area (Å²) in [5, 5.41) is 1.92. The first-order valence-electron chi connectivity index (χ1n) is 5.62. The van der Waals surface area contributed by atoms with Crippen LogP contribution in [-0.4, -0.2) is 11.6 Å². The Morgan fingerprint density at radius 1 is 1.06 bits per heavy atom. The summed E-state index contributed by atoms with van der Waals surface area (Å²) in [6.07, 6.45) is 1.69. The second-order valence-corrected chi connectivity index (χ2v) is 5.26. The topological polar surface area (TPSA) is 34.1 Å². The monoisotopic (exact) mass is 254 g/mol. The van der Waals surface area contributed by atoms with Crippen molar-refractivity contribution in [1.82, 2.24) is 0 Å². The number of thiophene rings is 1. The summed E-state index contributed by atoms with van der Waals surface area (Å²) < 4.78 is 0. The molecule has 0 unspecified atom stereocenters. The minimum absolute atomic E-state index is 0.160. The molecule has 0 fully saturated rings. The van der Waals surface area contributed by atoms with Gasteiger partial charge in [-0.2, -0.15) is 0 Å². The number of allylic oxidation sites excluding steroid dienone is 1. The van der Waals surface area contributed by atoms with Crippen LogP contribution in [0.25, 0.3) is 6.08 Å². The molecule has 0 radical (unpaired) electrons. The van der Waals surface area contributed by atoms with E-state index in [0.29, 0.717) is 11.1 Å². The first kappa shape index (κ1) is 11.1. The van der Waals surface area contributed by atoms with Crippen LogP contribution < -0.4 is 0 Å². The Balaban J connectivity index is 2.13. The predicted molar refractivity (Wildman–Crippen MR) is 72.1 cm³/mol. The van der Waals surface area contributed by atoms with Crippen LogP contribution in [0.4, 0.5) is 0 Å². The van der Waals surface area contributed by atoms with Crippen molar-refractivity contribution in [3.05, 3.63) is 62.9 Å². The Hall–Kier alpha value is -2.00. The van der Waals surface area contributed by atoms with E-state index in [-0.39, 0.29) is 17.1 Å². The molecule has 0 bridgehead atoms. The van der Waals surface area contributed by atoms with Crippen molar-refractivity contribution in [3.8, 4) is 0 Å². The van der Waals surface area contributed by atoms with Gasteiger partial charge in [0.05, 0.1) is 5.57 Å². The largest absolute Gasteiger partial charge is 0.288 e. The highest BCUT2D eigenvalue weighted by molar-refractivity contribution is 7.10. The van der Waals surface area contributed by atoms with Gasteiger partial charge in [0.25, 0.3) is 0 Å². The van der Waals surface area contributed by atoms with Crippen LogP contribution in [0.3, 0.4) is 0 Å². The molecule has 1 aliphatic carbocycles. The minimum Gasteiger partial charge on any atom is -0.288 e. The van der Waals surface area contributed by atoms with Gasteiger partial charge in [-0.15, -0.1) is 11.3 Å². The zero-order valence-corrected chi connectivity index (χ0v) is 10.6. The molecule has 1 aromatic heterocycles. The van der Waals surface area contributed by atoms with Gasteiger partial charge >= 0.3 is 0 Å². The number of Topliss-reactive ketones (excluding diaryl/α,β-unsaturated/α-hetero) is 2. The molecule has 18 heavy (non-hydrogen) atoms. The third-order valence-corrected chi connectivity index (χ3v) is 3.80. The normalized spacial score (nSPS) is 16.4. The predicted octanol–water partition coefficient (Wildman–Crippen LogP) is 3.52. The molecule has 0 amide bonds. The van der Waals surface area contributed by atoms with E-state index < -0.39 is 0 Å². The van der Waals surface area contributed by atoms with E-state index in [1.165, 1.54) is 11.3 Å². The van der Waals surface area contributed by atoms with Gasteiger partial charge in [0.15, 0.2) is 11.6 Å². The average Bonchev–Trinajstić information content (AvgIpc) is 2.93. The van der Waals surface area contributed by atoms with Crippen molar-refractivity contribution in [2.75, 3.05) is 0 Å². The number of hydrogen-bond acceptors (Lipinski definition) is 3. The third-order valence-electron chi connectivity index (χ3n) is 2.98. The van der Waals surface area contributed by atoms with Gasteiger partial charge in [0.2, 0.25) is 0 Å². The van der Waals surface area contributed by atoms with Gasteiger partial charge < -0.3 is 0 Å². The van der Waals surface area contributed by atoms with Crippen molar-refractivity contribution in [1.29, 1.82) is 0 Å². The lowest BCUT2D eigenvalue weighted by molar-refractivity contribution is 0.0990. The standard InChI is InChI=1S/C15H10O2S/c1-9-4-5-11-12(7-9)15(17)13(14(11)16)8-10-3-2-6-18-10/h2-8H,1H3. The summed E-state index contributed by atoms with van der Waals surface area (Å²) in [7, 11) is 0. The molecule has 0 spiro atoms. The zero-order valence-electron chi connectivity index (χ0n) is 9.77. The van der Waals surface area contributed by atoms with Crippen molar-refractivity contribution < 1.29 is 9.59 Å². The number of ketones is 2. The van der Waals surface area contributed by atoms with E-state index >= 15 is 0 Å². The number of rotatable bonds is 1. The number of aryl methyl sites for hydroxylation is 1. The molecule has 0 saturated heterocycles. The highest BCUT2D eigenvalue weighted by atomic mass is 32.1. The molecule has 0 atom stereocenters. The van der Waals surface area contributed by atoms with Crippen LogP contribution in [0, 0.1) is 6.92 Å². The molecule has 1 aromatic carbocycles. The quantitative estimate of drug-likeness (QED) is 0.576. The fourth-order valence-corrected chi connectivity index (χ4v) is 2.74. The van der Waals surface area contributed by atoms with E-state index in [2.05, 4.69) is 0 Å². The summed E-state index contributed by atoms with van der Waals surface area (Å²) in [6, 6.07) is 9.17. The fraction of sp³-hybridized carbons (Fsp3) is 0.0667. The highest BCUT2D eigenvalue weighted by Crippen LogP contribution is 2.29. The van der Waals surface area contributed by atoms with Gasteiger partial charge in [-0.05, 0) is 30.5 Å². The number of benzene rings is 1. The lowest BCUT2D eigenvalue weighted by atomic mass is 10.1. The Morgan fingerprint density at radius 3 is 2.56 bits per heavy atom. The van der Waals surface area contributed by atoms with Gasteiger partial charge in [-0.3, -0.25) is 9.59 Å². The highest BCUT2D eigenvalue weighted by Gasteiger charge is 2.32. The summed E-state index contributed by atoms with van der Waals surface area (Å²) in [6.45, 7) is 1.92. The second kappa shape index (κ2) is 4.03. The molecule has 2 nitrogen and oxygen atoms in total. The maximum atomic E-state index is 12.2. The van der Waals surface area contributed by atoms with Crippen molar-refractivity contribution in [2.24, 2.45) is 0 Å². The van der Waals surface area contributed by atoms with E-state index in [9.17, 15) is 9.59 Å². The second-order valence-electron chi connectivity index (χ2n) is 4.28. The van der Waals surface area contributed by atoms with Crippen LogP contribution in [0.15, 0.2) is 41.3 Å². The maximum absolute atomic E-state index is 12.2. The molecule has 2 aromatic rings. The molecule has 1 heterocycles. The maximum Gasteiger partial charge on any atom is 0.197 e. The molecule has 0 N–H and O–H groups in total. The zero-order chi connectivity index (χ0) is 12.7. The lowest BCUT2D eigenvalue weighted by Gasteiger charge is -1.95. The average molecular weight is 254 g/mol. The van der Waals surface area contributed by atoms with E-state index in [1.54, 1.807) is 18.2 Å². The van der Waals surface area contributed by atoms with Crippen LogP contribution in [0.5, 0.6) is 0 Å². The van der Waals surface area contributed by atoms with E-state index in [4.69, 9.17) is 0 Å². The van der Waals surface area contributed by atoms with E-state index in [1.807, 2.05) is 30.5 Å². The van der Waals surface area contributed by atoms with Crippen LogP contribution in [0.2, 0.25) is 0 Å². The van der Waals surface area contributed by atoms with Gasteiger partial charge in [-0.1, -0.05) is 23.8 Å². The Labute approximate surface area is 109 Å². The third kappa shape index (κ3) is 1.64. The first-order valence-corrected chi connectivity index (χ1v) is 6.50. The summed E-state index contributed by atoms with van der Waals surface area (Å²) >= 11 is 1.51. The van der Waals surface area contributed by atoms with Crippen LogP contribution in [0.1, 0.15) is 31.2 Å².